The molecular weight excluding hydrogens is 264 g/mol. The van der Waals surface area contributed by atoms with Crippen LogP contribution in [-0.4, -0.2) is 27.2 Å². The van der Waals surface area contributed by atoms with Crippen LogP contribution in [0.15, 0.2) is 6.33 Å². The third kappa shape index (κ3) is 5.20. The van der Waals surface area contributed by atoms with Gasteiger partial charge >= 0.3 is 0 Å². The van der Waals surface area contributed by atoms with E-state index in [0.717, 1.165) is 12.8 Å². The zero-order valence-corrected chi connectivity index (χ0v) is 12.3. The first kappa shape index (κ1) is 16.0. The van der Waals surface area contributed by atoms with Crippen molar-refractivity contribution in [3.05, 3.63) is 11.5 Å². The highest BCUT2D eigenvalue weighted by Crippen LogP contribution is 2.24. The number of aromatic nitrogens is 2. The molecule has 0 saturated carbocycles. The molecule has 0 aliphatic carbocycles. The SMILES string of the molecule is CCCCCC[C@@H](Nc1ncnc(Cl)c1N)[C@H](C)O. The van der Waals surface area contributed by atoms with Crippen molar-refractivity contribution in [2.45, 2.75) is 58.1 Å². The molecule has 19 heavy (non-hydrogen) atoms. The Kier molecular flexibility index (Phi) is 6.87. The van der Waals surface area contributed by atoms with Crippen molar-refractivity contribution in [3.63, 3.8) is 0 Å². The summed E-state index contributed by atoms with van der Waals surface area (Å²) in [7, 11) is 0. The number of halogens is 1. The van der Waals surface area contributed by atoms with Gasteiger partial charge in [0.05, 0.1) is 12.1 Å². The van der Waals surface area contributed by atoms with Gasteiger partial charge in [0.1, 0.15) is 12.0 Å². The Morgan fingerprint density at radius 3 is 2.74 bits per heavy atom. The molecule has 0 aromatic carbocycles. The number of anilines is 2. The predicted octanol–water partition coefficient (Wildman–Crippen LogP) is 2.84. The summed E-state index contributed by atoms with van der Waals surface area (Å²) < 4.78 is 0. The minimum absolute atomic E-state index is 0.0786. The summed E-state index contributed by atoms with van der Waals surface area (Å²) in [5, 5.41) is 13.2. The molecule has 0 aliphatic rings. The van der Waals surface area contributed by atoms with Crippen molar-refractivity contribution >= 4 is 23.1 Å². The number of nitrogens with two attached hydrogens (primary N) is 1. The second kappa shape index (κ2) is 8.17. The largest absolute Gasteiger partial charge is 0.393 e. The molecule has 2 atom stereocenters. The van der Waals surface area contributed by atoms with E-state index in [1.807, 2.05) is 0 Å². The van der Waals surface area contributed by atoms with Crippen molar-refractivity contribution in [2.24, 2.45) is 0 Å². The molecule has 0 bridgehead atoms. The van der Waals surface area contributed by atoms with E-state index >= 15 is 0 Å². The van der Waals surface area contributed by atoms with Crippen LogP contribution in [-0.2, 0) is 0 Å². The summed E-state index contributed by atoms with van der Waals surface area (Å²) in [6.07, 6.45) is 6.40. The van der Waals surface area contributed by atoms with Crippen LogP contribution >= 0.6 is 11.6 Å². The lowest BCUT2D eigenvalue weighted by molar-refractivity contribution is 0.165. The van der Waals surface area contributed by atoms with Gasteiger partial charge in [-0.3, -0.25) is 0 Å². The second-order valence-electron chi connectivity index (χ2n) is 4.77. The third-order valence-electron chi connectivity index (χ3n) is 3.11. The Morgan fingerprint density at radius 2 is 2.11 bits per heavy atom. The molecule has 0 spiro atoms. The van der Waals surface area contributed by atoms with E-state index in [1.54, 1.807) is 6.92 Å². The number of aliphatic hydroxyl groups is 1. The molecule has 0 aliphatic heterocycles. The van der Waals surface area contributed by atoms with Crippen molar-refractivity contribution in [1.82, 2.24) is 9.97 Å². The molecule has 1 heterocycles. The van der Waals surface area contributed by atoms with Crippen molar-refractivity contribution in [3.8, 4) is 0 Å². The van der Waals surface area contributed by atoms with Crippen LogP contribution in [0.3, 0.4) is 0 Å². The summed E-state index contributed by atoms with van der Waals surface area (Å²) in [5.74, 6) is 0.487. The zero-order chi connectivity index (χ0) is 14.3. The molecule has 0 saturated heterocycles. The topological polar surface area (TPSA) is 84.1 Å². The molecule has 1 aromatic rings. The third-order valence-corrected chi connectivity index (χ3v) is 3.41. The van der Waals surface area contributed by atoms with Crippen LogP contribution in [0.4, 0.5) is 11.5 Å². The highest BCUT2D eigenvalue weighted by Gasteiger charge is 2.17. The molecule has 0 radical (unpaired) electrons. The number of hydrogen-bond acceptors (Lipinski definition) is 5. The number of aliphatic hydroxyl groups excluding tert-OH is 1. The smallest absolute Gasteiger partial charge is 0.157 e. The van der Waals surface area contributed by atoms with Crippen LogP contribution in [0.5, 0.6) is 0 Å². The quantitative estimate of drug-likeness (QED) is 0.505. The minimum Gasteiger partial charge on any atom is -0.393 e. The maximum Gasteiger partial charge on any atom is 0.157 e. The Morgan fingerprint density at radius 1 is 1.37 bits per heavy atom. The fourth-order valence-corrected chi connectivity index (χ4v) is 2.02. The lowest BCUT2D eigenvalue weighted by Gasteiger charge is -2.22. The Bertz CT molecular complexity index is 387. The maximum absolute atomic E-state index is 9.81. The number of unbranched alkanes of at least 4 members (excludes halogenated alkanes) is 3. The lowest BCUT2D eigenvalue weighted by atomic mass is 10.0. The predicted molar refractivity (Wildman–Crippen MR) is 79.3 cm³/mol. The van der Waals surface area contributed by atoms with Gasteiger partial charge in [0.2, 0.25) is 0 Å². The molecule has 1 aromatic heterocycles. The van der Waals surface area contributed by atoms with Gasteiger partial charge in [-0.1, -0.05) is 44.2 Å². The Hall–Kier alpha value is -1.07. The van der Waals surface area contributed by atoms with Gasteiger partial charge < -0.3 is 16.2 Å². The van der Waals surface area contributed by atoms with Gasteiger partial charge in [-0.05, 0) is 13.3 Å². The number of rotatable bonds is 8. The molecule has 108 valence electrons. The fourth-order valence-electron chi connectivity index (χ4n) is 1.89. The number of nitrogens with one attached hydrogen (secondary N) is 1. The molecule has 1 rings (SSSR count). The van der Waals surface area contributed by atoms with Gasteiger partial charge in [0, 0.05) is 0 Å². The Labute approximate surface area is 119 Å². The van der Waals surface area contributed by atoms with Gasteiger partial charge in [0.25, 0.3) is 0 Å². The summed E-state index contributed by atoms with van der Waals surface area (Å²) in [4.78, 5) is 7.87. The van der Waals surface area contributed by atoms with Crippen molar-refractivity contribution in [1.29, 1.82) is 0 Å². The van der Waals surface area contributed by atoms with E-state index in [-0.39, 0.29) is 11.2 Å². The standard InChI is InChI=1S/C13H23ClN4O/c1-3-4-5-6-7-10(9(2)19)18-13-11(15)12(14)16-8-17-13/h8-10,19H,3-7,15H2,1-2H3,(H,16,17,18)/t9-,10+/m0/s1. The van der Waals surface area contributed by atoms with Gasteiger partial charge in [-0.25, -0.2) is 9.97 Å². The molecule has 0 amide bonds. The van der Waals surface area contributed by atoms with Crippen LogP contribution < -0.4 is 11.1 Å². The number of nitrogens with zero attached hydrogens (tertiary/aromatic N) is 2. The first-order valence-corrected chi connectivity index (χ1v) is 7.14. The summed E-state index contributed by atoms with van der Waals surface area (Å²) in [6.45, 7) is 3.93. The maximum atomic E-state index is 9.81. The number of nitrogen functional groups attached to an aromatic ring is 1. The van der Waals surface area contributed by atoms with E-state index in [9.17, 15) is 5.11 Å². The highest BCUT2D eigenvalue weighted by molar-refractivity contribution is 6.32. The fraction of sp³-hybridized carbons (Fsp3) is 0.692. The van der Waals surface area contributed by atoms with E-state index in [0.29, 0.717) is 11.5 Å². The molecule has 0 unspecified atom stereocenters. The second-order valence-corrected chi connectivity index (χ2v) is 5.13. The van der Waals surface area contributed by atoms with Gasteiger partial charge in [0.15, 0.2) is 11.0 Å². The van der Waals surface area contributed by atoms with Crippen LogP contribution in [0, 0.1) is 0 Å². The average Bonchev–Trinajstić information content (AvgIpc) is 2.37. The van der Waals surface area contributed by atoms with Crippen LogP contribution in [0.25, 0.3) is 0 Å². The van der Waals surface area contributed by atoms with E-state index in [1.165, 1.54) is 25.6 Å². The van der Waals surface area contributed by atoms with Crippen LogP contribution in [0.2, 0.25) is 5.15 Å². The van der Waals surface area contributed by atoms with Crippen molar-refractivity contribution < 1.29 is 5.11 Å². The normalized spacial score (nSPS) is 14.1. The van der Waals surface area contributed by atoms with Gasteiger partial charge in [-0.2, -0.15) is 0 Å². The highest BCUT2D eigenvalue weighted by atomic mass is 35.5. The van der Waals surface area contributed by atoms with E-state index in [2.05, 4.69) is 22.2 Å². The first-order chi connectivity index (χ1) is 9.06. The minimum atomic E-state index is -0.477. The summed E-state index contributed by atoms with van der Waals surface area (Å²) in [6, 6.07) is -0.0786. The van der Waals surface area contributed by atoms with Crippen molar-refractivity contribution in [2.75, 3.05) is 11.1 Å². The monoisotopic (exact) mass is 286 g/mol. The summed E-state index contributed by atoms with van der Waals surface area (Å²) in [5.41, 5.74) is 6.13. The average molecular weight is 287 g/mol. The summed E-state index contributed by atoms with van der Waals surface area (Å²) >= 11 is 5.84. The molecule has 4 N–H and O–H groups in total. The lowest BCUT2D eigenvalue weighted by Crippen LogP contribution is -2.32. The zero-order valence-electron chi connectivity index (χ0n) is 11.6. The Balaban J connectivity index is 2.60. The number of hydrogen-bond donors (Lipinski definition) is 3. The molecule has 0 fully saturated rings. The van der Waals surface area contributed by atoms with E-state index in [4.69, 9.17) is 17.3 Å². The van der Waals surface area contributed by atoms with Gasteiger partial charge in [-0.15, -0.1) is 0 Å². The first-order valence-electron chi connectivity index (χ1n) is 6.76. The van der Waals surface area contributed by atoms with E-state index < -0.39 is 6.10 Å². The molecule has 6 heteroatoms. The van der Waals surface area contributed by atoms with Crippen LogP contribution in [0.1, 0.15) is 46.0 Å². The molecular formula is C13H23ClN4O. The molecule has 5 nitrogen and oxygen atoms in total.